The third-order valence-corrected chi connectivity index (χ3v) is 0.992. The van der Waals surface area contributed by atoms with Crippen LogP contribution in [0.4, 0.5) is 0 Å². The van der Waals surface area contributed by atoms with Gasteiger partial charge in [0.05, 0.1) is 0 Å². The fourth-order valence-corrected chi connectivity index (χ4v) is 0.622. The fourth-order valence-electron chi connectivity index (χ4n) is 0.622. The summed E-state index contributed by atoms with van der Waals surface area (Å²) in [5.74, 6) is -0.128. The minimum atomic E-state index is -0.128. The van der Waals surface area contributed by atoms with Crippen molar-refractivity contribution >= 4 is 12.2 Å². The lowest BCUT2D eigenvalue weighted by molar-refractivity contribution is -0.117. The molecule has 0 aromatic rings. The number of carbonyl (C=O) groups is 1. The average molecular weight is 123 g/mol. The topological polar surface area (TPSA) is 32.7 Å². The summed E-state index contributed by atoms with van der Waals surface area (Å²) in [6.07, 6.45) is 4.25. The van der Waals surface area contributed by atoms with Crippen molar-refractivity contribution in [1.29, 1.82) is 0 Å². The van der Waals surface area contributed by atoms with E-state index < -0.39 is 0 Å². The molecular formula is C6H7N2O. The van der Waals surface area contributed by atoms with Crippen molar-refractivity contribution in [2.45, 2.75) is 0 Å². The summed E-state index contributed by atoms with van der Waals surface area (Å²) >= 11 is 0. The third kappa shape index (κ3) is 1.38. The maximum atomic E-state index is 10.4. The molecule has 0 saturated carbocycles. The van der Waals surface area contributed by atoms with Crippen molar-refractivity contribution < 1.29 is 4.79 Å². The van der Waals surface area contributed by atoms with Crippen LogP contribution < -0.4 is 0 Å². The van der Waals surface area contributed by atoms with E-state index in [1.165, 1.54) is 0 Å². The Morgan fingerprint density at radius 3 is 3.22 bits per heavy atom. The molecule has 3 nitrogen and oxygen atoms in total. The van der Waals surface area contributed by atoms with Gasteiger partial charge in [0, 0.05) is 6.54 Å². The number of amides is 1. The number of hydrogen-bond acceptors (Lipinski definition) is 2. The zero-order valence-corrected chi connectivity index (χ0v) is 5.00. The Morgan fingerprint density at radius 2 is 2.78 bits per heavy atom. The molecule has 0 aliphatic carbocycles. The molecule has 1 rings (SSSR count). The van der Waals surface area contributed by atoms with E-state index in [-0.39, 0.29) is 5.91 Å². The van der Waals surface area contributed by atoms with Crippen LogP contribution in [-0.2, 0) is 4.79 Å². The second-order valence-corrected chi connectivity index (χ2v) is 1.77. The number of carbonyl (C=O) groups excluding carboxylic acids is 1. The SMILES string of the molecule is C=CCN1[C]=NC(=O)C1. The Hall–Kier alpha value is -1.12. The van der Waals surface area contributed by atoms with E-state index in [0.717, 1.165) is 0 Å². The Balaban J connectivity index is 2.40. The summed E-state index contributed by atoms with van der Waals surface area (Å²) in [4.78, 5) is 15.5. The smallest absolute Gasteiger partial charge is 0.267 e. The summed E-state index contributed by atoms with van der Waals surface area (Å²) in [5.41, 5.74) is 0. The van der Waals surface area contributed by atoms with Crippen LogP contribution >= 0.6 is 0 Å². The highest BCUT2D eigenvalue weighted by atomic mass is 16.1. The molecule has 0 aromatic heterocycles. The summed E-state index contributed by atoms with van der Waals surface area (Å²) in [6.45, 7) is 4.52. The van der Waals surface area contributed by atoms with Crippen molar-refractivity contribution in [3.05, 3.63) is 12.7 Å². The van der Waals surface area contributed by atoms with Crippen LogP contribution in [-0.4, -0.2) is 30.2 Å². The molecule has 0 N–H and O–H groups in total. The van der Waals surface area contributed by atoms with Gasteiger partial charge in [-0.05, 0) is 0 Å². The van der Waals surface area contributed by atoms with Crippen LogP contribution in [0.5, 0.6) is 0 Å². The van der Waals surface area contributed by atoms with Gasteiger partial charge in [-0.3, -0.25) is 4.79 Å². The van der Waals surface area contributed by atoms with E-state index in [1.54, 1.807) is 11.0 Å². The Morgan fingerprint density at radius 1 is 2.00 bits per heavy atom. The number of aliphatic imine (C=N–C) groups is 1. The molecule has 0 bridgehead atoms. The van der Waals surface area contributed by atoms with Gasteiger partial charge in [-0.15, -0.1) is 6.58 Å². The van der Waals surface area contributed by atoms with E-state index in [4.69, 9.17) is 0 Å². The molecule has 1 amide bonds. The maximum Gasteiger partial charge on any atom is 0.267 e. The molecule has 1 radical (unpaired) electrons. The molecule has 0 atom stereocenters. The van der Waals surface area contributed by atoms with Gasteiger partial charge < -0.3 is 4.90 Å². The van der Waals surface area contributed by atoms with E-state index in [9.17, 15) is 4.79 Å². The van der Waals surface area contributed by atoms with Crippen molar-refractivity contribution in [3.8, 4) is 0 Å². The first-order valence-corrected chi connectivity index (χ1v) is 2.68. The summed E-state index contributed by atoms with van der Waals surface area (Å²) < 4.78 is 0. The molecule has 3 heteroatoms. The Bertz CT molecular complexity index is 162. The number of hydrogen-bond donors (Lipinski definition) is 0. The summed E-state index contributed by atoms with van der Waals surface area (Å²) in [6, 6.07) is 0. The van der Waals surface area contributed by atoms with Crippen LogP contribution in [0.3, 0.4) is 0 Å². The van der Waals surface area contributed by atoms with Crippen molar-refractivity contribution in [3.63, 3.8) is 0 Å². The monoisotopic (exact) mass is 123 g/mol. The molecule has 0 aromatic carbocycles. The van der Waals surface area contributed by atoms with Crippen molar-refractivity contribution in [1.82, 2.24) is 4.90 Å². The van der Waals surface area contributed by atoms with Gasteiger partial charge in [-0.2, -0.15) is 4.99 Å². The van der Waals surface area contributed by atoms with E-state index in [1.807, 2.05) is 0 Å². The Kier molecular flexibility index (Phi) is 1.63. The molecule has 9 heavy (non-hydrogen) atoms. The zero-order chi connectivity index (χ0) is 6.69. The third-order valence-electron chi connectivity index (χ3n) is 0.992. The van der Waals surface area contributed by atoms with Crippen LogP contribution in [0.1, 0.15) is 0 Å². The first-order chi connectivity index (χ1) is 4.33. The first kappa shape index (κ1) is 6.01. The van der Waals surface area contributed by atoms with Crippen molar-refractivity contribution in [2.75, 3.05) is 13.1 Å². The quantitative estimate of drug-likeness (QED) is 0.481. The molecule has 47 valence electrons. The lowest BCUT2D eigenvalue weighted by atomic mass is 10.5. The van der Waals surface area contributed by atoms with Gasteiger partial charge in [0.25, 0.3) is 5.91 Å². The van der Waals surface area contributed by atoms with Gasteiger partial charge >= 0.3 is 0 Å². The van der Waals surface area contributed by atoms with Gasteiger partial charge in [0.1, 0.15) is 6.54 Å². The molecule has 0 spiro atoms. The molecule has 1 aliphatic rings. The van der Waals surface area contributed by atoms with Crippen LogP contribution in [0.25, 0.3) is 0 Å². The summed E-state index contributed by atoms with van der Waals surface area (Å²) in [7, 11) is 0. The minimum Gasteiger partial charge on any atom is -0.340 e. The van der Waals surface area contributed by atoms with Crippen LogP contribution in [0.15, 0.2) is 17.6 Å². The molecule has 0 saturated heterocycles. The van der Waals surface area contributed by atoms with E-state index >= 15 is 0 Å². The van der Waals surface area contributed by atoms with Crippen LogP contribution in [0, 0.1) is 0 Å². The molecule has 1 heterocycles. The zero-order valence-electron chi connectivity index (χ0n) is 5.00. The average Bonchev–Trinajstić information content (AvgIpc) is 2.17. The van der Waals surface area contributed by atoms with Gasteiger partial charge in [0.15, 0.2) is 6.34 Å². The molecule has 0 fully saturated rings. The number of rotatable bonds is 2. The highest BCUT2D eigenvalue weighted by Gasteiger charge is 2.11. The second-order valence-electron chi connectivity index (χ2n) is 1.77. The fraction of sp³-hybridized carbons (Fsp3) is 0.333. The van der Waals surface area contributed by atoms with Gasteiger partial charge in [-0.1, -0.05) is 6.08 Å². The molecular weight excluding hydrogens is 116 g/mol. The first-order valence-electron chi connectivity index (χ1n) is 2.68. The lowest BCUT2D eigenvalue weighted by Gasteiger charge is -2.05. The molecule has 1 aliphatic heterocycles. The highest BCUT2D eigenvalue weighted by molar-refractivity contribution is 5.91. The summed E-state index contributed by atoms with van der Waals surface area (Å²) in [5, 5.41) is 0. The normalized spacial score (nSPS) is 16.9. The predicted molar refractivity (Wildman–Crippen MR) is 34.2 cm³/mol. The van der Waals surface area contributed by atoms with Gasteiger partial charge in [0.2, 0.25) is 0 Å². The van der Waals surface area contributed by atoms with E-state index in [0.29, 0.717) is 13.1 Å². The second kappa shape index (κ2) is 2.44. The lowest BCUT2D eigenvalue weighted by Crippen LogP contribution is -2.20. The minimum absolute atomic E-state index is 0.128. The van der Waals surface area contributed by atoms with Gasteiger partial charge in [-0.25, -0.2) is 0 Å². The maximum absolute atomic E-state index is 10.4. The largest absolute Gasteiger partial charge is 0.340 e. The number of nitrogens with zero attached hydrogens (tertiary/aromatic N) is 2. The van der Waals surface area contributed by atoms with Crippen molar-refractivity contribution in [2.24, 2.45) is 4.99 Å². The Labute approximate surface area is 53.7 Å². The van der Waals surface area contributed by atoms with E-state index in [2.05, 4.69) is 17.9 Å². The standard InChI is InChI=1S/C6H7N2O/c1-2-3-8-4-6(9)7-5-8/h2H,1,3-4H2. The predicted octanol–water partition coefficient (Wildman–Crippen LogP) is -0.0801. The molecule has 0 unspecified atom stereocenters. The highest BCUT2D eigenvalue weighted by Crippen LogP contribution is 1.93. The van der Waals surface area contributed by atoms with Crippen LogP contribution in [0.2, 0.25) is 0 Å².